The molecule has 2 saturated heterocycles. The number of amides is 1. The van der Waals surface area contributed by atoms with Crippen molar-refractivity contribution in [1.82, 2.24) is 4.72 Å². The molecule has 10 nitrogen and oxygen atoms in total. The fourth-order valence-electron chi connectivity index (χ4n) is 6.30. The van der Waals surface area contributed by atoms with E-state index in [1.807, 2.05) is 12.1 Å². The second kappa shape index (κ2) is 10.1. The number of fused-ring (bicyclic) bond motifs is 2. The number of rotatable bonds is 7. The molecule has 0 unspecified atom stereocenters. The molecule has 0 aromatic heterocycles. The smallest absolute Gasteiger partial charge is 0.293 e. The van der Waals surface area contributed by atoms with E-state index in [4.69, 9.17) is 4.74 Å². The number of hydrogen-bond donors (Lipinski definition) is 2. The van der Waals surface area contributed by atoms with E-state index in [2.05, 4.69) is 35.7 Å². The minimum Gasteiger partial charge on any atom is -0.381 e. The second-order valence-corrected chi connectivity index (χ2v) is 13.5. The van der Waals surface area contributed by atoms with Crippen molar-refractivity contribution in [3.05, 3.63) is 58.1 Å². The highest BCUT2D eigenvalue weighted by Crippen LogP contribution is 2.59. The van der Waals surface area contributed by atoms with Gasteiger partial charge in [-0.25, -0.2) is 13.1 Å². The van der Waals surface area contributed by atoms with Crippen molar-refractivity contribution in [2.24, 2.45) is 16.7 Å². The predicted octanol–water partition coefficient (Wildman–Crippen LogP) is 4.57. The third-order valence-corrected chi connectivity index (χ3v) is 10.7. The minimum absolute atomic E-state index is 0.00275. The zero-order valence-electron chi connectivity index (χ0n) is 22.6. The van der Waals surface area contributed by atoms with E-state index in [9.17, 15) is 23.3 Å². The van der Waals surface area contributed by atoms with Crippen molar-refractivity contribution in [3.63, 3.8) is 0 Å². The lowest BCUT2D eigenvalue weighted by molar-refractivity contribution is -0.384. The summed E-state index contributed by atoms with van der Waals surface area (Å²) >= 11 is 0. The standard InChI is InChI=1S/C28H36N4O6S/c1-27(2)20-10-13-28(27,3)18-31(17-20)22-6-4-19(5-7-22)26(33)30-39(36,37)23-8-9-24(25(16-23)32(34)35)29-21-11-14-38-15-12-21/h4-9,16,20-21,29H,10-15,17-18H2,1-3H3,(H,30,33)/t20-,28-/m0/s1. The van der Waals surface area contributed by atoms with E-state index in [0.29, 0.717) is 32.0 Å². The van der Waals surface area contributed by atoms with E-state index in [1.54, 1.807) is 12.1 Å². The normalized spacial score (nSPS) is 24.8. The first-order valence-corrected chi connectivity index (χ1v) is 14.9. The van der Waals surface area contributed by atoms with E-state index >= 15 is 0 Å². The number of carbonyl (C=O) groups excluding carboxylic acids is 1. The number of nitro groups is 1. The van der Waals surface area contributed by atoms with Crippen LogP contribution in [0.1, 0.15) is 56.8 Å². The molecule has 2 bridgehead atoms. The number of anilines is 2. The molecule has 0 radical (unpaired) electrons. The number of sulfonamides is 1. The lowest BCUT2D eigenvalue weighted by atomic mass is 9.63. The average molecular weight is 557 g/mol. The van der Waals surface area contributed by atoms with Crippen molar-refractivity contribution in [2.45, 2.75) is 57.4 Å². The van der Waals surface area contributed by atoms with Gasteiger partial charge in [-0.15, -0.1) is 0 Å². The maximum absolute atomic E-state index is 13.0. The molecule has 39 heavy (non-hydrogen) atoms. The highest BCUT2D eigenvalue weighted by atomic mass is 32.2. The second-order valence-electron chi connectivity index (χ2n) is 11.8. The van der Waals surface area contributed by atoms with Gasteiger partial charge in [0.2, 0.25) is 0 Å². The lowest BCUT2D eigenvalue weighted by Gasteiger charge is -2.51. The van der Waals surface area contributed by atoms with Crippen LogP contribution in [0.3, 0.4) is 0 Å². The van der Waals surface area contributed by atoms with E-state index in [0.717, 1.165) is 24.8 Å². The summed E-state index contributed by atoms with van der Waals surface area (Å²) in [6, 6.07) is 10.6. The van der Waals surface area contributed by atoms with E-state index in [-0.39, 0.29) is 38.7 Å². The van der Waals surface area contributed by atoms with Crippen molar-refractivity contribution >= 4 is 33.0 Å². The van der Waals surface area contributed by atoms with Gasteiger partial charge in [0.1, 0.15) is 5.69 Å². The van der Waals surface area contributed by atoms with Gasteiger partial charge in [0, 0.05) is 49.7 Å². The first-order valence-electron chi connectivity index (χ1n) is 13.4. The zero-order chi connectivity index (χ0) is 28.0. The number of ether oxygens (including phenoxy) is 1. The molecule has 1 amide bonds. The minimum atomic E-state index is -4.33. The van der Waals surface area contributed by atoms with Crippen molar-refractivity contribution < 1.29 is 22.9 Å². The Morgan fingerprint density at radius 1 is 1.08 bits per heavy atom. The molecule has 1 aliphatic carbocycles. The van der Waals surface area contributed by atoms with Crippen LogP contribution in [0.4, 0.5) is 17.1 Å². The molecule has 0 spiro atoms. The first-order chi connectivity index (χ1) is 18.4. The number of nitrogens with one attached hydrogen (secondary N) is 2. The Morgan fingerprint density at radius 2 is 1.77 bits per heavy atom. The maximum atomic E-state index is 13.0. The molecular weight excluding hydrogens is 520 g/mol. The summed E-state index contributed by atoms with van der Waals surface area (Å²) in [5.41, 5.74) is 1.57. The molecule has 11 heteroatoms. The number of nitrogens with zero attached hydrogens (tertiary/aromatic N) is 2. The number of carbonyl (C=O) groups is 1. The summed E-state index contributed by atoms with van der Waals surface area (Å²) in [6.45, 7) is 10.1. The third kappa shape index (κ3) is 5.21. The molecule has 2 heterocycles. The summed E-state index contributed by atoms with van der Waals surface area (Å²) in [7, 11) is -4.33. The van der Waals surface area contributed by atoms with Crippen LogP contribution < -0.4 is 14.9 Å². The van der Waals surface area contributed by atoms with Crippen LogP contribution in [-0.4, -0.2) is 51.6 Å². The summed E-state index contributed by atoms with van der Waals surface area (Å²) in [5.74, 6) is -0.188. The summed E-state index contributed by atoms with van der Waals surface area (Å²) in [6.07, 6.45) is 3.80. The molecule has 210 valence electrons. The monoisotopic (exact) mass is 556 g/mol. The Morgan fingerprint density at radius 3 is 2.41 bits per heavy atom. The maximum Gasteiger partial charge on any atom is 0.293 e. The highest BCUT2D eigenvalue weighted by Gasteiger charge is 2.55. The highest BCUT2D eigenvalue weighted by molar-refractivity contribution is 7.90. The topological polar surface area (TPSA) is 131 Å². The fraction of sp³-hybridized carbons (Fsp3) is 0.536. The Balaban J connectivity index is 1.28. The molecule has 2 aliphatic heterocycles. The van der Waals surface area contributed by atoms with Gasteiger partial charge < -0.3 is 15.0 Å². The fourth-order valence-corrected chi connectivity index (χ4v) is 7.29. The van der Waals surface area contributed by atoms with Crippen LogP contribution in [0.15, 0.2) is 47.4 Å². The Hall–Kier alpha value is -3.18. The number of benzene rings is 2. The van der Waals surface area contributed by atoms with E-state index < -0.39 is 20.9 Å². The zero-order valence-corrected chi connectivity index (χ0v) is 23.4. The van der Waals surface area contributed by atoms with Gasteiger partial charge in [-0.05, 0) is 78.8 Å². The Labute approximate surface area is 229 Å². The average Bonchev–Trinajstić information content (AvgIpc) is 3.02. The molecule has 2 aromatic carbocycles. The van der Waals surface area contributed by atoms with Crippen molar-refractivity contribution in [3.8, 4) is 0 Å². The first kappa shape index (κ1) is 27.4. The third-order valence-electron chi connectivity index (χ3n) is 9.38. The SMILES string of the molecule is CC1(C)[C@H]2CC[C@@]1(C)CN(c1ccc(C(=O)NS(=O)(=O)c3ccc(NC4CCOCC4)c([N+](=O)[O-])c3)cc1)C2. The Kier molecular flexibility index (Phi) is 7.09. The molecule has 1 saturated carbocycles. The molecule has 2 atom stereocenters. The molecule has 2 N–H and O–H groups in total. The van der Waals surface area contributed by atoms with Crippen molar-refractivity contribution in [1.29, 1.82) is 0 Å². The molecular formula is C28H36N4O6S. The van der Waals surface area contributed by atoms with Crippen LogP contribution in [0.25, 0.3) is 0 Å². The number of piperidine rings is 1. The largest absolute Gasteiger partial charge is 0.381 e. The van der Waals surface area contributed by atoms with Gasteiger partial charge in [-0.1, -0.05) is 20.8 Å². The summed E-state index contributed by atoms with van der Waals surface area (Å²) < 4.78 is 33.3. The van der Waals surface area contributed by atoms with Crippen LogP contribution >= 0.6 is 0 Å². The lowest BCUT2D eigenvalue weighted by Crippen LogP contribution is -2.52. The summed E-state index contributed by atoms with van der Waals surface area (Å²) in [5, 5.41) is 14.8. The molecule has 3 fully saturated rings. The van der Waals surface area contributed by atoms with Gasteiger partial charge in [0.15, 0.2) is 0 Å². The van der Waals surface area contributed by atoms with Crippen LogP contribution in [-0.2, 0) is 14.8 Å². The van der Waals surface area contributed by atoms with Gasteiger partial charge in [-0.3, -0.25) is 14.9 Å². The van der Waals surface area contributed by atoms with Gasteiger partial charge >= 0.3 is 0 Å². The van der Waals surface area contributed by atoms with Crippen LogP contribution in [0.5, 0.6) is 0 Å². The molecule has 3 aliphatic rings. The van der Waals surface area contributed by atoms with Gasteiger partial charge in [-0.2, -0.15) is 0 Å². The number of nitro benzene ring substituents is 1. The summed E-state index contributed by atoms with van der Waals surface area (Å²) in [4.78, 5) is 25.9. The van der Waals surface area contributed by atoms with Gasteiger partial charge in [0.05, 0.1) is 9.82 Å². The quantitative estimate of drug-likeness (QED) is 0.375. The number of hydrogen-bond acceptors (Lipinski definition) is 8. The molecule has 2 aromatic rings. The molecule has 5 rings (SSSR count). The predicted molar refractivity (Wildman–Crippen MR) is 148 cm³/mol. The van der Waals surface area contributed by atoms with Crippen LogP contribution in [0, 0.1) is 26.9 Å². The van der Waals surface area contributed by atoms with Crippen LogP contribution in [0.2, 0.25) is 0 Å². The Bertz CT molecular complexity index is 1370. The van der Waals surface area contributed by atoms with Crippen molar-refractivity contribution in [2.75, 3.05) is 36.5 Å². The van der Waals surface area contributed by atoms with E-state index in [1.165, 1.54) is 25.0 Å². The van der Waals surface area contributed by atoms with Gasteiger partial charge in [0.25, 0.3) is 21.6 Å².